The van der Waals surface area contributed by atoms with Crippen LogP contribution in [0.3, 0.4) is 0 Å². The molecule has 0 radical (unpaired) electrons. The van der Waals surface area contributed by atoms with Crippen LogP contribution in [0.4, 0.5) is 0 Å². The summed E-state index contributed by atoms with van der Waals surface area (Å²) in [5.74, 6) is -0.278. The average molecular weight is 469 g/mol. The quantitative estimate of drug-likeness (QED) is 0.575. The molecule has 1 aliphatic rings. The molecule has 6 nitrogen and oxygen atoms in total. The number of rotatable bonds is 7. The van der Waals surface area contributed by atoms with Gasteiger partial charge in [0.25, 0.3) is 5.91 Å². The summed E-state index contributed by atoms with van der Waals surface area (Å²) in [6.07, 6.45) is 1.21. The van der Waals surface area contributed by atoms with E-state index in [0.717, 1.165) is 4.88 Å². The number of morpholine rings is 1. The lowest BCUT2D eigenvalue weighted by atomic mass is 10.2. The molecule has 2 heterocycles. The molecule has 0 bridgehead atoms. The van der Waals surface area contributed by atoms with Gasteiger partial charge in [-0.05, 0) is 43.5 Å². The summed E-state index contributed by atoms with van der Waals surface area (Å²) in [5.41, 5.74) is 0.269. The zero-order chi connectivity index (χ0) is 21.9. The van der Waals surface area contributed by atoms with Crippen LogP contribution in [-0.4, -0.2) is 55.4 Å². The van der Waals surface area contributed by atoms with Crippen molar-refractivity contribution in [3.63, 3.8) is 0 Å². The molecule has 0 spiro atoms. The van der Waals surface area contributed by atoms with Gasteiger partial charge in [-0.1, -0.05) is 23.7 Å². The molecule has 1 amide bonds. The highest BCUT2D eigenvalue weighted by Gasteiger charge is 2.34. The van der Waals surface area contributed by atoms with Gasteiger partial charge in [0.05, 0.1) is 23.8 Å². The SMILES string of the molecule is C=CCN(Cc1cccs1)C(=O)c1ccc(Cl)c(S(=O)(=O)N2CC(C)OC(C)C2)c1. The Morgan fingerprint density at radius 1 is 1.33 bits per heavy atom. The number of nitrogens with zero attached hydrogens (tertiary/aromatic N) is 2. The second-order valence-electron chi connectivity index (χ2n) is 7.28. The van der Waals surface area contributed by atoms with Gasteiger partial charge in [0.15, 0.2) is 0 Å². The van der Waals surface area contributed by atoms with E-state index in [0.29, 0.717) is 13.1 Å². The molecule has 2 atom stereocenters. The fraction of sp³-hybridized carbons (Fsp3) is 0.381. The summed E-state index contributed by atoms with van der Waals surface area (Å²) < 4.78 is 33.6. The van der Waals surface area contributed by atoms with Crippen molar-refractivity contribution in [1.82, 2.24) is 9.21 Å². The molecule has 0 saturated carbocycles. The molecule has 1 aromatic carbocycles. The van der Waals surface area contributed by atoms with E-state index in [1.165, 1.54) is 16.4 Å². The van der Waals surface area contributed by atoms with E-state index in [2.05, 4.69) is 6.58 Å². The lowest BCUT2D eigenvalue weighted by Gasteiger charge is -2.34. The number of halogens is 1. The summed E-state index contributed by atoms with van der Waals surface area (Å²) in [4.78, 5) is 15.7. The molecule has 9 heteroatoms. The number of ether oxygens (including phenoxy) is 1. The number of carbonyl (C=O) groups is 1. The first-order valence-corrected chi connectivity index (χ1v) is 12.3. The van der Waals surface area contributed by atoms with Crippen LogP contribution in [0.2, 0.25) is 5.02 Å². The normalized spacial score (nSPS) is 20.1. The summed E-state index contributed by atoms with van der Waals surface area (Å²) in [6.45, 7) is 8.63. The van der Waals surface area contributed by atoms with E-state index in [1.807, 2.05) is 31.4 Å². The van der Waals surface area contributed by atoms with Gasteiger partial charge in [-0.25, -0.2) is 8.42 Å². The van der Waals surface area contributed by atoms with E-state index < -0.39 is 10.0 Å². The Hall–Kier alpha value is -1.71. The lowest BCUT2D eigenvalue weighted by molar-refractivity contribution is -0.0440. The molecule has 1 aliphatic heterocycles. The Balaban J connectivity index is 1.91. The van der Waals surface area contributed by atoms with Crippen LogP contribution in [0.15, 0.2) is 53.3 Å². The minimum absolute atomic E-state index is 0.0639. The number of hydrogen-bond donors (Lipinski definition) is 0. The molecular formula is C21H25ClN2O4S2. The third-order valence-electron chi connectivity index (χ3n) is 4.75. The number of carbonyl (C=O) groups excluding carboxylic acids is 1. The average Bonchev–Trinajstić information content (AvgIpc) is 3.20. The summed E-state index contributed by atoms with van der Waals surface area (Å²) in [7, 11) is -3.87. The van der Waals surface area contributed by atoms with E-state index in [9.17, 15) is 13.2 Å². The van der Waals surface area contributed by atoms with Crippen molar-refractivity contribution < 1.29 is 17.9 Å². The van der Waals surface area contributed by atoms with Crippen LogP contribution in [0.5, 0.6) is 0 Å². The van der Waals surface area contributed by atoms with E-state index in [-0.39, 0.29) is 46.7 Å². The number of hydrogen-bond acceptors (Lipinski definition) is 5. The molecule has 1 saturated heterocycles. The first-order valence-electron chi connectivity index (χ1n) is 9.60. The maximum Gasteiger partial charge on any atom is 0.254 e. The van der Waals surface area contributed by atoms with E-state index in [1.54, 1.807) is 28.4 Å². The molecular weight excluding hydrogens is 444 g/mol. The zero-order valence-electron chi connectivity index (χ0n) is 17.0. The largest absolute Gasteiger partial charge is 0.373 e. The zero-order valence-corrected chi connectivity index (χ0v) is 19.3. The van der Waals surface area contributed by atoms with Crippen molar-refractivity contribution >= 4 is 38.9 Å². The van der Waals surface area contributed by atoms with Crippen molar-refractivity contribution in [2.24, 2.45) is 0 Å². The molecule has 3 rings (SSSR count). The first kappa shape index (κ1) is 23.0. The standard InChI is InChI=1S/C21H25ClN2O4S2/c1-4-9-23(14-18-6-5-10-29-18)21(25)17-7-8-19(22)20(11-17)30(26,27)24-12-15(2)28-16(3)13-24/h4-8,10-11,15-16H,1,9,12-14H2,2-3H3. The highest BCUT2D eigenvalue weighted by Crippen LogP contribution is 2.29. The molecule has 162 valence electrons. The van der Waals surface area contributed by atoms with Crippen molar-refractivity contribution in [2.75, 3.05) is 19.6 Å². The van der Waals surface area contributed by atoms with Gasteiger partial charge < -0.3 is 9.64 Å². The van der Waals surface area contributed by atoms with Crippen molar-refractivity contribution in [2.45, 2.75) is 37.5 Å². The second-order valence-corrected chi connectivity index (χ2v) is 10.6. The van der Waals surface area contributed by atoms with Crippen molar-refractivity contribution in [3.8, 4) is 0 Å². The van der Waals surface area contributed by atoms with Gasteiger partial charge >= 0.3 is 0 Å². The minimum atomic E-state index is -3.87. The third-order valence-corrected chi connectivity index (χ3v) is 7.92. The maximum absolute atomic E-state index is 13.3. The smallest absolute Gasteiger partial charge is 0.254 e. The molecule has 1 fully saturated rings. The predicted molar refractivity (Wildman–Crippen MR) is 119 cm³/mol. The van der Waals surface area contributed by atoms with Gasteiger partial charge in [0.1, 0.15) is 4.90 Å². The third kappa shape index (κ3) is 5.12. The van der Waals surface area contributed by atoms with Gasteiger partial charge in [-0.15, -0.1) is 17.9 Å². The van der Waals surface area contributed by atoms with Crippen LogP contribution in [0.1, 0.15) is 29.1 Å². The fourth-order valence-corrected chi connectivity index (χ4v) is 6.26. The molecule has 0 aliphatic carbocycles. The Morgan fingerprint density at radius 2 is 2.03 bits per heavy atom. The van der Waals surface area contributed by atoms with Crippen LogP contribution < -0.4 is 0 Å². The Morgan fingerprint density at radius 3 is 2.63 bits per heavy atom. The second kappa shape index (κ2) is 9.62. The van der Waals surface area contributed by atoms with Crippen molar-refractivity contribution in [3.05, 3.63) is 63.8 Å². The van der Waals surface area contributed by atoms with Crippen LogP contribution in [0.25, 0.3) is 0 Å². The van der Waals surface area contributed by atoms with Crippen LogP contribution in [-0.2, 0) is 21.3 Å². The number of sulfonamides is 1. The lowest BCUT2D eigenvalue weighted by Crippen LogP contribution is -2.48. The Labute approximate surface area is 186 Å². The van der Waals surface area contributed by atoms with Gasteiger partial charge in [0, 0.05) is 30.1 Å². The van der Waals surface area contributed by atoms with Gasteiger partial charge in [0.2, 0.25) is 10.0 Å². The van der Waals surface area contributed by atoms with Crippen molar-refractivity contribution in [1.29, 1.82) is 0 Å². The van der Waals surface area contributed by atoms with Gasteiger partial charge in [-0.2, -0.15) is 4.31 Å². The fourth-order valence-electron chi connectivity index (χ4n) is 3.45. The van der Waals surface area contributed by atoms with E-state index in [4.69, 9.17) is 16.3 Å². The molecule has 0 N–H and O–H groups in total. The highest BCUT2D eigenvalue weighted by atomic mass is 35.5. The molecule has 2 unspecified atom stereocenters. The monoisotopic (exact) mass is 468 g/mol. The molecule has 1 aromatic heterocycles. The van der Waals surface area contributed by atoms with Crippen LogP contribution in [0, 0.1) is 0 Å². The van der Waals surface area contributed by atoms with Crippen LogP contribution >= 0.6 is 22.9 Å². The highest BCUT2D eigenvalue weighted by molar-refractivity contribution is 7.89. The summed E-state index contributed by atoms with van der Waals surface area (Å²) in [5, 5.41) is 2.04. The summed E-state index contributed by atoms with van der Waals surface area (Å²) >= 11 is 7.81. The first-order chi connectivity index (χ1) is 14.2. The maximum atomic E-state index is 13.3. The van der Waals surface area contributed by atoms with Gasteiger partial charge in [-0.3, -0.25) is 4.79 Å². The van der Waals surface area contributed by atoms with E-state index >= 15 is 0 Å². The Bertz CT molecular complexity index is 998. The molecule has 30 heavy (non-hydrogen) atoms. The Kier molecular flexibility index (Phi) is 7.36. The number of benzene rings is 1. The minimum Gasteiger partial charge on any atom is -0.373 e. The molecule has 2 aromatic rings. The summed E-state index contributed by atoms with van der Waals surface area (Å²) in [6, 6.07) is 8.26. The topological polar surface area (TPSA) is 66.9 Å². The predicted octanol–water partition coefficient (Wildman–Crippen LogP) is 4.03. The number of amides is 1. The number of thiophene rings is 1.